The van der Waals surface area contributed by atoms with E-state index in [-0.39, 0.29) is 24.9 Å². The van der Waals surface area contributed by atoms with Gasteiger partial charge >= 0.3 is 0 Å². The lowest BCUT2D eigenvalue weighted by Crippen LogP contribution is -2.47. The SMILES string of the molecule is COCO[C@H](CO)[C@@H]1[C@@H](C)C[C@@H](C)C[C@@]1(C)/C=C(\C)I. The van der Waals surface area contributed by atoms with Gasteiger partial charge in [-0.05, 0) is 69.1 Å². The summed E-state index contributed by atoms with van der Waals surface area (Å²) in [7, 11) is 1.62. The van der Waals surface area contributed by atoms with Crippen LogP contribution in [-0.4, -0.2) is 31.7 Å². The van der Waals surface area contributed by atoms with Crippen LogP contribution in [0, 0.1) is 23.2 Å². The van der Waals surface area contributed by atoms with Crippen molar-refractivity contribution >= 4 is 22.6 Å². The van der Waals surface area contributed by atoms with Crippen molar-refractivity contribution in [2.24, 2.45) is 23.2 Å². The molecular weight excluding hydrogens is 367 g/mol. The molecule has 0 saturated heterocycles. The van der Waals surface area contributed by atoms with Crippen molar-refractivity contribution in [3.63, 3.8) is 0 Å². The van der Waals surface area contributed by atoms with E-state index in [1.807, 2.05) is 0 Å². The Morgan fingerprint density at radius 3 is 2.65 bits per heavy atom. The first-order chi connectivity index (χ1) is 9.34. The number of aliphatic hydroxyl groups is 1. The van der Waals surface area contributed by atoms with Crippen molar-refractivity contribution in [1.82, 2.24) is 0 Å². The zero-order chi connectivity index (χ0) is 15.3. The Hall–Kier alpha value is 0.350. The Bertz CT molecular complexity index is 328. The van der Waals surface area contributed by atoms with Gasteiger partial charge in [0.2, 0.25) is 0 Å². The van der Waals surface area contributed by atoms with Crippen LogP contribution in [0.2, 0.25) is 0 Å². The van der Waals surface area contributed by atoms with E-state index in [1.54, 1.807) is 7.11 Å². The van der Waals surface area contributed by atoms with Gasteiger partial charge in [-0.3, -0.25) is 0 Å². The lowest BCUT2D eigenvalue weighted by Gasteiger charge is -2.49. The van der Waals surface area contributed by atoms with Crippen molar-refractivity contribution in [3.8, 4) is 0 Å². The molecule has 0 unspecified atom stereocenters. The van der Waals surface area contributed by atoms with Crippen LogP contribution in [-0.2, 0) is 9.47 Å². The Balaban J connectivity index is 3.03. The summed E-state index contributed by atoms with van der Waals surface area (Å²) in [6.07, 6.45) is 4.55. The molecule has 20 heavy (non-hydrogen) atoms. The third-order valence-corrected chi connectivity index (χ3v) is 4.76. The average Bonchev–Trinajstić information content (AvgIpc) is 2.30. The molecule has 5 atom stereocenters. The van der Waals surface area contributed by atoms with E-state index in [4.69, 9.17) is 9.47 Å². The van der Waals surface area contributed by atoms with Gasteiger partial charge in [0.05, 0.1) is 12.7 Å². The van der Waals surface area contributed by atoms with Crippen molar-refractivity contribution in [2.45, 2.75) is 46.6 Å². The smallest absolute Gasteiger partial charge is 0.146 e. The van der Waals surface area contributed by atoms with E-state index in [1.165, 1.54) is 10.0 Å². The number of allylic oxidation sites excluding steroid dienone is 2. The third kappa shape index (κ3) is 4.68. The summed E-state index contributed by atoms with van der Waals surface area (Å²) in [4.78, 5) is 0. The van der Waals surface area contributed by atoms with E-state index in [2.05, 4.69) is 56.4 Å². The van der Waals surface area contributed by atoms with Crippen LogP contribution >= 0.6 is 22.6 Å². The van der Waals surface area contributed by atoms with Crippen molar-refractivity contribution in [2.75, 3.05) is 20.5 Å². The number of hydrogen-bond donors (Lipinski definition) is 1. The van der Waals surface area contributed by atoms with Gasteiger partial charge in [0.15, 0.2) is 0 Å². The maximum Gasteiger partial charge on any atom is 0.146 e. The normalized spacial score (nSPS) is 37.0. The number of aliphatic hydroxyl groups excluding tert-OH is 1. The minimum absolute atomic E-state index is 0.0521. The molecule has 0 aromatic carbocycles. The first kappa shape index (κ1) is 18.4. The minimum atomic E-state index is -0.158. The van der Waals surface area contributed by atoms with Gasteiger partial charge in [0.25, 0.3) is 0 Å². The summed E-state index contributed by atoms with van der Waals surface area (Å²) < 4.78 is 12.1. The average molecular weight is 396 g/mol. The number of halogens is 1. The Morgan fingerprint density at radius 1 is 1.50 bits per heavy atom. The van der Waals surface area contributed by atoms with Gasteiger partial charge in [-0.25, -0.2) is 0 Å². The molecule has 118 valence electrons. The maximum absolute atomic E-state index is 9.75. The topological polar surface area (TPSA) is 38.7 Å². The molecule has 0 spiro atoms. The molecule has 0 aliphatic heterocycles. The largest absolute Gasteiger partial charge is 0.394 e. The van der Waals surface area contributed by atoms with Gasteiger partial charge < -0.3 is 14.6 Å². The van der Waals surface area contributed by atoms with Gasteiger partial charge in [0.1, 0.15) is 6.79 Å². The second-order valence-corrected chi connectivity index (χ2v) is 8.28. The standard InChI is InChI=1S/C16H29IO3/c1-11-6-12(2)15(14(9-18)20-10-19-5)16(4,7-11)8-13(3)17/h8,11-12,14-15,18H,6-7,9-10H2,1-5H3/b13-8+/t11-,12+,14-,15+,16+/m1/s1. The van der Waals surface area contributed by atoms with E-state index in [0.717, 1.165) is 6.42 Å². The van der Waals surface area contributed by atoms with E-state index in [9.17, 15) is 5.11 Å². The van der Waals surface area contributed by atoms with Gasteiger partial charge in [0, 0.05) is 7.11 Å². The molecule has 1 saturated carbocycles. The fourth-order valence-corrected chi connectivity index (χ4v) is 4.94. The molecule has 0 bridgehead atoms. The van der Waals surface area contributed by atoms with Crippen LogP contribution < -0.4 is 0 Å². The molecule has 1 rings (SSSR count). The second kappa shape index (κ2) is 8.11. The third-order valence-electron chi connectivity index (χ3n) is 4.45. The van der Waals surface area contributed by atoms with Crippen molar-refractivity contribution in [3.05, 3.63) is 9.66 Å². The molecule has 4 heteroatoms. The first-order valence-electron chi connectivity index (χ1n) is 7.40. The fraction of sp³-hybridized carbons (Fsp3) is 0.875. The molecule has 0 aromatic rings. The van der Waals surface area contributed by atoms with Crippen LogP contribution in [0.3, 0.4) is 0 Å². The molecule has 3 nitrogen and oxygen atoms in total. The summed E-state index contributed by atoms with van der Waals surface area (Å²) in [6, 6.07) is 0. The molecule has 1 fully saturated rings. The van der Waals surface area contributed by atoms with Crippen LogP contribution in [0.5, 0.6) is 0 Å². The highest BCUT2D eigenvalue weighted by molar-refractivity contribution is 14.1. The highest BCUT2D eigenvalue weighted by Crippen LogP contribution is 2.50. The molecule has 0 aromatic heterocycles. The highest BCUT2D eigenvalue weighted by Gasteiger charge is 2.45. The van der Waals surface area contributed by atoms with Crippen LogP contribution in [0.4, 0.5) is 0 Å². The zero-order valence-electron chi connectivity index (χ0n) is 13.4. The van der Waals surface area contributed by atoms with Crippen molar-refractivity contribution < 1.29 is 14.6 Å². The quantitative estimate of drug-likeness (QED) is 0.545. The number of methoxy groups -OCH3 is 1. The van der Waals surface area contributed by atoms with Crippen LogP contribution in [0.15, 0.2) is 9.66 Å². The summed E-state index contributed by atoms with van der Waals surface area (Å²) in [5, 5.41) is 9.75. The zero-order valence-corrected chi connectivity index (χ0v) is 15.5. The van der Waals surface area contributed by atoms with Crippen LogP contribution in [0.1, 0.15) is 40.5 Å². The van der Waals surface area contributed by atoms with Gasteiger partial charge in [-0.1, -0.05) is 26.8 Å². The summed E-state index contributed by atoms with van der Waals surface area (Å²) in [5.41, 5.74) is 0.0729. The van der Waals surface area contributed by atoms with Gasteiger partial charge in [-0.2, -0.15) is 0 Å². The van der Waals surface area contributed by atoms with Crippen molar-refractivity contribution in [1.29, 1.82) is 0 Å². The lowest BCUT2D eigenvalue weighted by molar-refractivity contribution is -0.142. The molecule has 0 amide bonds. The Kier molecular flexibility index (Phi) is 7.46. The summed E-state index contributed by atoms with van der Waals surface area (Å²) >= 11 is 2.38. The highest BCUT2D eigenvalue weighted by atomic mass is 127. The number of rotatable bonds is 6. The maximum atomic E-state index is 9.75. The predicted octanol–water partition coefficient (Wildman–Crippen LogP) is 4.00. The number of ether oxygens (including phenoxy) is 2. The summed E-state index contributed by atoms with van der Waals surface area (Å²) in [5.74, 6) is 1.56. The molecule has 0 radical (unpaired) electrons. The first-order valence-corrected chi connectivity index (χ1v) is 8.48. The molecule has 1 aliphatic rings. The van der Waals surface area contributed by atoms with Gasteiger partial charge in [-0.15, -0.1) is 0 Å². The summed E-state index contributed by atoms with van der Waals surface area (Å²) in [6.45, 7) is 9.35. The molecule has 1 N–H and O–H groups in total. The predicted molar refractivity (Wildman–Crippen MR) is 90.8 cm³/mol. The lowest BCUT2D eigenvalue weighted by atomic mass is 9.58. The molecule has 1 aliphatic carbocycles. The monoisotopic (exact) mass is 396 g/mol. The molecule has 0 heterocycles. The van der Waals surface area contributed by atoms with E-state index >= 15 is 0 Å². The minimum Gasteiger partial charge on any atom is -0.394 e. The van der Waals surface area contributed by atoms with E-state index < -0.39 is 0 Å². The van der Waals surface area contributed by atoms with E-state index in [0.29, 0.717) is 17.8 Å². The fourth-order valence-electron chi connectivity index (χ4n) is 4.23. The number of hydrogen-bond acceptors (Lipinski definition) is 3. The molecular formula is C16H29IO3. The second-order valence-electron chi connectivity index (χ2n) is 6.58. The Labute approximate surface area is 137 Å². The van der Waals surface area contributed by atoms with Crippen LogP contribution in [0.25, 0.3) is 0 Å². The Morgan fingerprint density at radius 2 is 2.15 bits per heavy atom.